The van der Waals surface area contributed by atoms with Gasteiger partial charge in [0.2, 0.25) is 5.91 Å². The molecule has 3 rings (SSSR count). The summed E-state index contributed by atoms with van der Waals surface area (Å²) in [6.45, 7) is 5.45. The second kappa shape index (κ2) is 10.1. The van der Waals surface area contributed by atoms with Crippen molar-refractivity contribution in [1.82, 2.24) is 9.80 Å². The second-order valence-electron chi connectivity index (χ2n) is 7.61. The summed E-state index contributed by atoms with van der Waals surface area (Å²) < 4.78 is 0. The summed E-state index contributed by atoms with van der Waals surface area (Å²) in [6.07, 6.45) is 2.27. The van der Waals surface area contributed by atoms with Crippen molar-refractivity contribution < 1.29 is 9.90 Å². The number of hydrogen-bond acceptors (Lipinski definition) is 3. The number of likely N-dealkylation sites (tertiary alicyclic amines) is 1. The molecule has 5 heteroatoms. The number of rotatable bonds is 7. The first-order valence-electron chi connectivity index (χ1n) is 9.98. The number of carbonyl (C=O) groups is 1. The Kier molecular flexibility index (Phi) is 7.49. The van der Waals surface area contributed by atoms with Gasteiger partial charge >= 0.3 is 0 Å². The molecule has 0 radical (unpaired) electrons. The van der Waals surface area contributed by atoms with E-state index in [2.05, 4.69) is 41.0 Å². The van der Waals surface area contributed by atoms with Crippen LogP contribution in [0.25, 0.3) is 0 Å². The fourth-order valence-corrected chi connectivity index (χ4v) is 3.91. The van der Waals surface area contributed by atoms with Crippen LogP contribution in [0, 0.1) is 6.92 Å². The van der Waals surface area contributed by atoms with Crippen LogP contribution in [0.1, 0.15) is 29.5 Å². The molecule has 1 saturated heterocycles. The number of carbonyl (C=O) groups excluding carboxylic acids is 1. The highest BCUT2D eigenvalue weighted by atomic mass is 35.5. The third kappa shape index (κ3) is 5.81. The number of benzene rings is 2. The molecule has 0 bridgehead atoms. The first kappa shape index (κ1) is 20.8. The molecule has 2 aromatic rings. The van der Waals surface area contributed by atoms with Crippen molar-refractivity contribution in [3.8, 4) is 0 Å². The lowest BCUT2D eigenvalue weighted by Gasteiger charge is -2.38. The fourth-order valence-electron chi connectivity index (χ4n) is 3.79. The monoisotopic (exact) mass is 400 g/mol. The first-order chi connectivity index (χ1) is 13.5. The maximum Gasteiger partial charge on any atom is 0.227 e. The normalized spacial score (nSPS) is 15.5. The van der Waals surface area contributed by atoms with Crippen LogP contribution in [0.4, 0.5) is 0 Å². The average molecular weight is 401 g/mol. The molecule has 2 aromatic carbocycles. The Labute approximate surface area is 172 Å². The van der Waals surface area contributed by atoms with E-state index < -0.39 is 0 Å². The minimum atomic E-state index is 0.156. The molecule has 1 aliphatic heterocycles. The molecule has 0 spiro atoms. The van der Waals surface area contributed by atoms with E-state index in [1.165, 1.54) is 5.56 Å². The van der Waals surface area contributed by atoms with E-state index in [4.69, 9.17) is 16.7 Å². The van der Waals surface area contributed by atoms with Crippen molar-refractivity contribution >= 4 is 17.5 Å². The van der Waals surface area contributed by atoms with E-state index in [1.54, 1.807) is 0 Å². The Morgan fingerprint density at radius 2 is 1.68 bits per heavy atom. The predicted octanol–water partition coefficient (Wildman–Crippen LogP) is 3.68. The maximum absolute atomic E-state index is 13.2. The van der Waals surface area contributed by atoms with Gasteiger partial charge in [0.15, 0.2) is 0 Å². The predicted molar refractivity (Wildman–Crippen MR) is 113 cm³/mol. The molecule has 150 valence electrons. The van der Waals surface area contributed by atoms with E-state index >= 15 is 0 Å². The first-order valence-corrected chi connectivity index (χ1v) is 10.4. The van der Waals surface area contributed by atoms with Crippen molar-refractivity contribution in [2.24, 2.45) is 0 Å². The van der Waals surface area contributed by atoms with Crippen LogP contribution in [0.15, 0.2) is 48.5 Å². The number of hydrogen-bond donors (Lipinski definition) is 1. The molecule has 0 unspecified atom stereocenters. The minimum Gasteiger partial charge on any atom is -0.395 e. The fraction of sp³-hybridized carbons (Fsp3) is 0.435. The summed E-state index contributed by atoms with van der Waals surface area (Å²) in [5, 5.41) is 9.85. The van der Waals surface area contributed by atoms with Gasteiger partial charge in [-0.1, -0.05) is 53.6 Å². The van der Waals surface area contributed by atoms with Gasteiger partial charge in [-0.2, -0.15) is 0 Å². The number of aryl methyl sites for hydroxylation is 1. The summed E-state index contributed by atoms with van der Waals surface area (Å²) in [5.74, 6) is 0.156. The van der Waals surface area contributed by atoms with Gasteiger partial charge in [-0.25, -0.2) is 0 Å². The summed E-state index contributed by atoms with van der Waals surface area (Å²) in [5.41, 5.74) is 3.37. The number of amides is 1. The topological polar surface area (TPSA) is 43.8 Å². The number of piperidine rings is 1. The molecule has 1 N–H and O–H groups in total. The quantitative estimate of drug-likeness (QED) is 0.771. The van der Waals surface area contributed by atoms with E-state index in [0.29, 0.717) is 24.5 Å². The molecule has 0 saturated carbocycles. The lowest BCUT2D eigenvalue weighted by molar-refractivity contribution is -0.134. The van der Waals surface area contributed by atoms with Crippen LogP contribution in [-0.2, 0) is 17.8 Å². The average Bonchev–Trinajstić information content (AvgIpc) is 2.70. The van der Waals surface area contributed by atoms with Crippen LogP contribution in [0.3, 0.4) is 0 Å². The largest absolute Gasteiger partial charge is 0.395 e. The number of aliphatic hydroxyl groups is 1. The summed E-state index contributed by atoms with van der Waals surface area (Å²) in [4.78, 5) is 17.5. The standard InChI is InChI=1S/C23H29ClN2O2/c1-18-2-4-20(5-3-18)17-26(22-10-12-25(13-11-22)14-15-27)23(28)16-19-6-8-21(24)9-7-19/h2-9,22,27H,10-17H2,1H3. The van der Waals surface area contributed by atoms with E-state index in [1.807, 2.05) is 24.3 Å². The van der Waals surface area contributed by atoms with Crippen molar-refractivity contribution in [3.63, 3.8) is 0 Å². The molecule has 0 aromatic heterocycles. The van der Waals surface area contributed by atoms with Crippen LogP contribution < -0.4 is 0 Å². The zero-order valence-electron chi connectivity index (χ0n) is 16.5. The molecular weight excluding hydrogens is 372 g/mol. The molecule has 1 aliphatic rings. The lowest BCUT2D eigenvalue weighted by atomic mass is 10.0. The van der Waals surface area contributed by atoms with E-state index in [-0.39, 0.29) is 18.6 Å². The van der Waals surface area contributed by atoms with Crippen molar-refractivity contribution in [2.45, 2.75) is 38.8 Å². The van der Waals surface area contributed by atoms with Gasteiger partial charge in [-0.15, -0.1) is 0 Å². The number of nitrogens with zero attached hydrogens (tertiary/aromatic N) is 2. The van der Waals surface area contributed by atoms with Crippen molar-refractivity contribution in [1.29, 1.82) is 0 Å². The molecular formula is C23H29ClN2O2. The third-order valence-corrected chi connectivity index (χ3v) is 5.73. The van der Waals surface area contributed by atoms with E-state index in [9.17, 15) is 4.79 Å². The molecule has 28 heavy (non-hydrogen) atoms. The van der Waals surface area contributed by atoms with Gasteiger partial charge in [0.25, 0.3) is 0 Å². The molecule has 0 aliphatic carbocycles. The molecule has 1 heterocycles. The highest BCUT2D eigenvalue weighted by molar-refractivity contribution is 6.30. The van der Waals surface area contributed by atoms with E-state index in [0.717, 1.165) is 37.1 Å². The van der Waals surface area contributed by atoms with Gasteiger partial charge in [0, 0.05) is 37.2 Å². The van der Waals surface area contributed by atoms with Crippen LogP contribution in [-0.4, -0.2) is 53.1 Å². The molecule has 4 nitrogen and oxygen atoms in total. The van der Waals surface area contributed by atoms with Gasteiger partial charge in [-0.05, 0) is 43.0 Å². The minimum absolute atomic E-state index is 0.156. The summed E-state index contributed by atoms with van der Waals surface area (Å²) in [6, 6.07) is 16.2. The second-order valence-corrected chi connectivity index (χ2v) is 8.04. The highest BCUT2D eigenvalue weighted by Crippen LogP contribution is 2.21. The van der Waals surface area contributed by atoms with Gasteiger partial charge < -0.3 is 14.9 Å². The highest BCUT2D eigenvalue weighted by Gasteiger charge is 2.28. The van der Waals surface area contributed by atoms with Crippen molar-refractivity contribution in [3.05, 3.63) is 70.2 Å². The molecule has 1 fully saturated rings. The summed E-state index contributed by atoms with van der Waals surface area (Å²) in [7, 11) is 0. The Hall–Kier alpha value is -1.88. The zero-order valence-corrected chi connectivity index (χ0v) is 17.2. The lowest BCUT2D eigenvalue weighted by Crippen LogP contribution is -2.48. The Balaban J connectivity index is 1.72. The van der Waals surface area contributed by atoms with Crippen LogP contribution in [0.2, 0.25) is 5.02 Å². The van der Waals surface area contributed by atoms with Gasteiger partial charge in [-0.3, -0.25) is 4.79 Å². The van der Waals surface area contributed by atoms with Gasteiger partial charge in [0.05, 0.1) is 13.0 Å². The summed E-state index contributed by atoms with van der Waals surface area (Å²) >= 11 is 5.97. The number of aliphatic hydroxyl groups excluding tert-OH is 1. The van der Waals surface area contributed by atoms with Crippen LogP contribution in [0.5, 0.6) is 0 Å². The smallest absolute Gasteiger partial charge is 0.227 e. The SMILES string of the molecule is Cc1ccc(CN(C(=O)Cc2ccc(Cl)cc2)C2CCN(CCO)CC2)cc1. The van der Waals surface area contributed by atoms with Gasteiger partial charge in [0.1, 0.15) is 0 Å². The van der Waals surface area contributed by atoms with Crippen molar-refractivity contribution in [2.75, 3.05) is 26.2 Å². The number of β-amino-alcohol motifs (C(OH)–C–C–N with tert-alkyl or cyclic N) is 1. The zero-order chi connectivity index (χ0) is 19.9. The Bertz CT molecular complexity index is 753. The van der Waals surface area contributed by atoms with Crippen LogP contribution >= 0.6 is 11.6 Å². The molecule has 1 amide bonds. The Morgan fingerprint density at radius 3 is 2.29 bits per heavy atom. The maximum atomic E-state index is 13.2. The third-order valence-electron chi connectivity index (χ3n) is 5.48. The molecule has 0 atom stereocenters. The Morgan fingerprint density at radius 1 is 1.07 bits per heavy atom. The number of halogens is 1.